The molecular formula is C24H21F3N10O. The number of hydrogen-bond acceptors (Lipinski definition) is 9. The summed E-state index contributed by atoms with van der Waals surface area (Å²) in [5, 5.41) is 27.4. The van der Waals surface area contributed by atoms with E-state index >= 15 is 0 Å². The topological polar surface area (TPSA) is 134 Å². The van der Waals surface area contributed by atoms with Gasteiger partial charge in [0.2, 0.25) is 5.88 Å². The molecule has 0 saturated carbocycles. The summed E-state index contributed by atoms with van der Waals surface area (Å²) in [5.41, 5.74) is 1.43. The van der Waals surface area contributed by atoms with E-state index in [1.54, 1.807) is 24.0 Å². The van der Waals surface area contributed by atoms with E-state index in [0.29, 0.717) is 36.2 Å². The maximum atomic E-state index is 13.2. The van der Waals surface area contributed by atoms with Crippen LogP contribution in [0.4, 0.5) is 13.2 Å². The first-order valence-corrected chi connectivity index (χ1v) is 11.7. The van der Waals surface area contributed by atoms with Crippen LogP contribution < -0.4 is 4.74 Å². The smallest absolute Gasteiger partial charge is 0.434 e. The lowest BCUT2D eigenvalue weighted by molar-refractivity contribution is -0.141. The summed E-state index contributed by atoms with van der Waals surface area (Å²) in [7, 11) is 0. The number of hydrogen-bond donors (Lipinski definition) is 0. The molecule has 4 aromatic heterocycles. The van der Waals surface area contributed by atoms with Crippen molar-refractivity contribution in [2.24, 2.45) is 0 Å². The van der Waals surface area contributed by atoms with Crippen molar-refractivity contribution in [1.29, 1.82) is 10.5 Å². The third kappa shape index (κ3) is 4.56. The predicted molar refractivity (Wildman–Crippen MR) is 125 cm³/mol. The SMILES string of the molecule is Cc1c(-c2cc(O[C@H](C)c3cncc(C(F)(F)F)n3)n3c(C#N)cnc3c2)nnn1C1CCN(C#N)CC1. The molecule has 0 amide bonds. The van der Waals surface area contributed by atoms with E-state index in [-0.39, 0.29) is 23.3 Å². The minimum Gasteiger partial charge on any atom is -0.469 e. The Hall–Kier alpha value is -4.72. The summed E-state index contributed by atoms with van der Waals surface area (Å²) in [6, 6.07) is 5.52. The Morgan fingerprint density at radius 1 is 1.13 bits per heavy atom. The van der Waals surface area contributed by atoms with Crippen LogP contribution in [0.15, 0.2) is 30.7 Å². The van der Waals surface area contributed by atoms with Gasteiger partial charge in [0.05, 0.1) is 36.0 Å². The number of ether oxygens (including phenoxy) is 1. The molecule has 4 aromatic rings. The van der Waals surface area contributed by atoms with Gasteiger partial charge in [0, 0.05) is 24.7 Å². The highest BCUT2D eigenvalue weighted by atomic mass is 19.4. The summed E-state index contributed by atoms with van der Waals surface area (Å²) in [4.78, 5) is 13.3. The fourth-order valence-corrected chi connectivity index (χ4v) is 4.50. The molecule has 1 atom stereocenters. The second kappa shape index (κ2) is 9.63. The second-order valence-electron chi connectivity index (χ2n) is 8.90. The van der Waals surface area contributed by atoms with Crippen LogP contribution in [0.25, 0.3) is 16.9 Å². The average Bonchev–Trinajstić information content (AvgIpc) is 3.51. The van der Waals surface area contributed by atoms with Crippen LogP contribution in [0.5, 0.6) is 5.88 Å². The molecule has 0 spiro atoms. The van der Waals surface area contributed by atoms with Crippen LogP contribution in [-0.4, -0.2) is 52.3 Å². The molecule has 0 unspecified atom stereocenters. The van der Waals surface area contributed by atoms with Crippen LogP contribution >= 0.6 is 0 Å². The molecule has 0 bridgehead atoms. The lowest BCUT2D eigenvalue weighted by atomic mass is 10.0. The number of fused-ring (bicyclic) bond motifs is 1. The van der Waals surface area contributed by atoms with Gasteiger partial charge in [-0.15, -0.1) is 5.10 Å². The summed E-state index contributed by atoms with van der Waals surface area (Å²) in [6.45, 7) is 4.72. The number of alkyl halides is 3. The van der Waals surface area contributed by atoms with Gasteiger partial charge >= 0.3 is 6.18 Å². The molecule has 1 saturated heterocycles. The molecule has 0 N–H and O–H groups in total. The molecule has 194 valence electrons. The standard InChI is InChI=1S/C24H21F3N10O/c1-14-23(33-34-37(14)17-3-5-35(13-29)6-4-17)16-7-21-31-10-18(9-28)36(21)22(8-16)38-15(2)19-11-30-12-20(32-19)24(25,26)27/h7-8,10-12,15,17H,3-6H2,1-2H3/t15-/m1/s1. The molecule has 1 aliphatic heterocycles. The predicted octanol–water partition coefficient (Wildman–Crippen LogP) is 3.84. The quantitative estimate of drug-likeness (QED) is 0.358. The van der Waals surface area contributed by atoms with E-state index in [1.165, 1.54) is 16.8 Å². The maximum Gasteiger partial charge on any atom is 0.434 e. The van der Waals surface area contributed by atoms with Gasteiger partial charge in [-0.1, -0.05) is 5.21 Å². The Labute approximate surface area is 214 Å². The summed E-state index contributed by atoms with van der Waals surface area (Å²) >= 11 is 0. The maximum absolute atomic E-state index is 13.2. The van der Waals surface area contributed by atoms with Crippen molar-refractivity contribution in [2.45, 2.75) is 45.0 Å². The van der Waals surface area contributed by atoms with Gasteiger partial charge in [-0.25, -0.2) is 14.6 Å². The van der Waals surface area contributed by atoms with Crippen LogP contribution in [0.3, 0.4) is 0 Å². The van der Waals surface area contributed by atoms with Gasteiger partial charge in [0.25, 0.3) is 0 Å². The van der Waals surface area contributed by atoms with Crippen LogP contribution in [0.2, 0.25) is 0 Å². The van der Waals surface area contributed by atoms with Crippen molar-refractivity contribution in [3.05, 3.63) is 53.5 Å². The molecule has 14 heteroatoms. The fraction of sp³-hybridized carbons (Fsp3) is 0.375. The summed E-state index contributed by atoms with van der Waals surface area (Å²) in [6.07, 6.45) is 1.33. The number of nitrogens with zero attached hydrogens (tertiary/aromatic N) is 10. The Morgan fingerprint density at radius 3 is 2.58 bits per heavy atom. The van der Waals surface area contributed by atoms with E-state index in [4.69, 9.17) is 10.00 Å². The number of likely N-dealkylation sites (tertiary alicyclic amines) is 1. The number of imidazole rings is 1. The van der Waals surface area contributed by atoms with E-state index < -0.39 is 18.0 Å². The lowest BCUT2D eigenvalue weighted by Crippen LogP contribution is -2.31. The summed E-state index contributed by atoms with van der Waals surface area (Å²) in [5.74, 6) is 0.176. The highest BCUT2D eigenvalue weighted by Gasteiger charge is 2.33. The minimum absolute atomic E-state index is 0.0252. The van der Waals surface area contributed by atoms with Gasteiger partial charge in [-0.05, 0) is 32.8 Å². The number of halogens is 3. The lowest BCUT2D eigenvalue weighted by Gasteiger charge is -2.28. The molecule has 0 radical (unpaired) electrons. The third-order valence-corrected chi connectivity index (χ3v) is 6.50. The molecule has 0 aliphatic carbocycles. The number of rotatable bonds is 5. The summed E-state index contributed by atoms with van der Waals surface area (Å²) < 4.78 is 48.8. The first-order valence-electron chi connectivity index (χ1n) is 11.7. The Kier molecular flexibility index (Phi) is 6.32. The third-order valence-electron chi connectivity index (χ3n) is 6.50. The molecule has 1 aliphatic rings. The minimum atomic E-state index is -4.65. The Bertz CT molecular complexity index is 1570. The number of nitriles is 2. The number of aromatic nitrogens is 7. The zero-order valence-electron chi connectivity index (χ0n) is 20.4. The van der Waals surface area contributed by atoms with E-state index in [0.717, 1.165) is 18.5 Å². The first-order chi connectivity index (χ1) is 18.2. The van der Waals surface area contributed by atoms with Crippen molar-refractivity contribution in [3.63, 3.8) is 0 Å². The van der Waals surface area contributed by atoms with Gasteiger partial charge < -0.3 is 9.64 Å². The van der Waals surface area contributed by atoms with Crippen molar-refractivity contribution < 1.29 is 17.9 Å². The monoisotopic (exact) mass is 522 g/mol. The van der Waals surface area contributed by atoms with Gasteiger partial charge in [0.1, 0.15) is 29.2 Å². The molecule has 5 rings (SSSR count). The van der Waals surface area contributed by atoms with Crippen molar-refractivity contribution in [3.8, 4) is 29.4 Å². The van der Waals surface area contributed by atoms with Crippen molar-refractivity contribution in [1.82, 2.24) is 39.2 Å². The average molecular weight is 522 g/mol. The van der Waals surface area contributed by atoms with Crippen LogP contribution in [0.1, 0.15) is 54.7 Å². The van der Waals surface area contributed by atoms with Gasteiger partial charge in [-0.2, -0.15) is 23.7 Å². The highest BCUT2D eigenvalue weighted by Crippen LogP contribution is 2.33. The molecule has 5 heterocycles. The highest BCUT2D eigenvalue weighted by molar-refractivity contribution is 5.68. The van der Waals surface area contributed by atoms with E-state index in [2.05, 4.69) is 31.5 Å². The van der Waals surface area contributed by atoms with Crippen LogP contribution in [0, 0.1) is 29.7 Å². The first kappa shape index (κ1) is 25.0. The molecule has 0 aromatic carbocycles. The Morgan fingerprint density at radius 2 is 1.89 bits per heavy atom. The largest absolute Gasteiger partial charge is 0.469 e. The zero-order valence-corrected chi connectivity index (χ0v) is 20.4. The van der Waals surface area contributed by atoms with E-state index in [9.17, 15) is 18.4 Å². The van der Waals surface area contributed by atoms with Gasteiger partial charge in [0.15, 0.2) is 11.9 Å². The molecular weight excluding hydrogens is 501 g/mol. The van der Waals surface area contributed by atoms with E-state index in [1.807, 2.05) is 17.7 Å². The Balaban J connectivity index is 1.51. The van der Waals surface area contributed by atoms with Crippen molar-refractivity contribution >= 4 is 5.65 Å². The second-order valence-corrected chi connectivity index (χ2v) is 8.90. The normalized spacial score (nSPS) is 15.3. The van der Waals surface area contributed by atoms with Crippen molar-refractivity contribution in [2.75, 3.05) is 13.1 Å². The van der Waals surface area contributed by atoms with Crippen LogP contribution in [-0.2, 0) is 6.18 Å². The fourth-order valence-electron chi connectivity index (χ4n) is 4.50. The number of piperidine rings is 1. The molecule has 11 nitrogen and oxygen atoms in total. The zero-order chi connectivity index (χ0) is 27.0. The molecule has 38 heavy (non-hydrogen) atoms. The molecule has 1 fully saturated rings. The van der Waals surface area contributed by atoms with Gasteiger partial charge in [-0.3, -0.25) is 9.38 Å². The number of pyridine rings is 1.